The van der Waals surface area contributed by atoms with Gasteiger partial charge in [-0.3, -0.25) is 0 Å². The minimum absolute atomic E-state index is 0.288. The highest BCUT2D eigenvalue weighted by molar-refractivity contribution is 5.87. The maximum atomic E-state index is 5.28. The van der Waals surface area contributed by atoms with Crippen molar-refractivity contribution in [3.05, 3.63) is 24.6 Å². The largest absolute Gasteiger partial charge is 0.464 e. The smallest absolute Gasteiger partial charge is 0.173 e. The molecule has 0 spiro atoms. The van der Waals surface area contributed by atoms with Gasteiger partial charge < -0.3 is 19.2 Å². The van der Waals surface area contributed by atoms with Crippen LogP contribution >= 0.6 is 0 Å². The number of furan rings is 1. The summed E-state index contributed by atoms with van der Waals surface area (Å²) in [4.78, 5) is 4.24. The Labute approximate surface area is 93.4 Å². The Morgan fingerprint density at radius 1 is 1.38 bits per heavy atom. The molecule has 1 N–H and O–H groups in total. The molecule has 0 aromatic carbocycles. The molecule has 0 aliphatic heterocycles. The number of hydrogen-bond donors (Lipinski definition) is 1. The van der Waals surface area contributed by atoms with Crippen molar-refractivity contribution in [3.8, 4) is 0 Å². The third-order valence-electron chi connectivity index (χ3n) is 2.34. The maximum absolute atomic E-state index is 5.28. The monoisotopic (exact) mass is 222 g/mol. The van der Waals surface area contributed by atoms with Crippen LogP contribution in [0.25, 0.3) is 11.0 Å². The maximum Gasteiger partial charge on any atom is 0.173 e. The van der Waals surface area contributed by atoms with E-state index in [9.17, 15) is 0 Å². The fourth-order valence-corrected chi connectivity index (χ4v) is 1.48. The van der Waals surface area contributed by atoms with Gasteiger partial charge in [0.05, 0.1) is 18.2 Å². The highest BCUT2D eigenvalue weighted by Crippen LogP contribution is 2.21. The number of ether oxygens (including phenoxy) is 2. The van der Waals surface area contributed by atoms with E-state index in [1.54, 1.807) is 26.7 Å². The molecule has 5 heteroatoms. The SMILES string of the molecule is COC(CNc1nccc2occc12)OC. The van der Waals surface area contributed by atoms with E-state index in [0.29, 0.717) is 6.54 Å². The van der Waals surface area contributed by atoms with E-state index in [-0.39, 0.29) is 6.29 Å². The Kier molecular flexibility index (Phi) is 3.38. The second-order valence-corrected chi connectivity index (χ2v) is 3.27. The Morgan fingerprint density at radius 2 is 2.19 bits per heavy atom. The molecule has 2 aromatic heterocycles. The van der Waals surface area contributed by atoms with Crippen LogP contribution in [-0.2, 0) is 9.47 Å². The normalized spacial score (nSPS) is 11.2. The molecule has 0 aliphatic rings. The fourth-order valence-electron chi connectivity index (χ4n) is 1.48. The minimum atomic E-state index is -0.288. The predicted octanol–water partition coefficient (Wildman–Crippen LogP) is 1.86. The van der Waals surface area contributed by atoms with Crippen LogP contribution in [0.1, 0.15) is 0 Å². The summed E-state index contributed by atoms with van der Waals surface area (Å²) < 4.78 is 15.4. The van der Waals surface area contributed by atoms with Crippen LogP contribution in [0.5, 0.6) is 0 Å². The molecule has 0 saturated heterocycles. The summed E-state index contributed by atoms with van der Waals surface area (Å²) in [5.74, 6) is 0.769. The van der Waals surface area contributed by atoms with Crippen molar-refractivity contribution >= 4 is 16.8 Å². The highest BCUT2D eigenvalue weighted by Gasteiger charge is 2.08. The highest BCUT2D eigenvalue weighted by atomic mass is 16.7. The van der Waals surface area contributed by atoms with Crippen LogP contribution < -0.4 is 5.32 Å². The number of rotatable bonds is 5. The first kappa shape index (κ1) is 10.9. The van der Waals surface area contributed by atoms with Gasteiger partial charge in [-0.15, -0.1) is 0 Å². The molecule has 16 heavy (non-hydrogen) atoms. The summed E-state index contributed by atoms with van der Waals surface area (Å²) in [6, 6.07) is 3.70. The summed E-state index contributed by atoms with van der Waals surface area (Å²) in [7, 11) is 3.20. The van der Waals surface area contributed by atoms with Crippen LogP contribution in [0, 0.1) is 0 Å². The van der Waals surface area contributed by atoms with Crippen molar-refractivity contribution < 1.29 is 13.9 Å². The Bertz CT molecular complexity index is 451. The van der Waals surface area contributed by atoms with Gasteiger partial charge in [0.25, 0.3) is 0 Å². The van der Waals surface area contributed by atoms with Gasteiger partial charge in [0.15, 0.2) is 6.29 Å². The first-order valence-corrected chi connectivity index (χ1v) is 4.97. The van der Waals surface area contributed by atoms with Gasteiger partial charge in [0.1, 0.15) is 11.4 Å². The van der Waals surface area contributed by atoms with E-state index in [2.05, 4.69) is 10.3 Å². The quantitative estimate of drug-likeness (QED) is 0.782. The molecule has 0 fully saturated rings. The number of nitrogens with one attached hydrogen (secondary N) is 1. The number of pyridine rings is 1. The van der Waals surface area contributed by atoms with Crippen LogP contribution in [-0.4, -0.2) is 32.0 Å². The van der Waals surface area contributed by atoms with Gasteiger partial charge in [-0.2, -0.15) is 0 Å². The number of anilines is 1. The zero-order valence-corrected chi connectivity index (χ0v) is 9.27. The van der Waals surface area contributed by atoms with Gasteiger partial charge in [-0.05, 0) is 12.1 Å². The molecule has 0 unspecified atom stereocenters. The number of fused-ring (bicyclic) bond motifs is 1. The second-order valence-electron chi connectivity index (χ2n) is 3.27. The standard InChI is InChI=1S/C11H14N2O3/c1-14-10(15-2)7-13-11-8-4-6-16-9(8)3-5-12-11/h3-6,10H,7H2,1-2H3,(H,12,13). The number of aromatic nitrogens is 1. The molecular weight excluding hydrogens is 208 g/mol. The number of hydrogen-bond acceptors (Lipinski definition) is 5. The molecular formula is C11H14N2O3. The average molecular weight is 222 g/mol. The predicted molar refractivity (Wildman–Crippen MR) is 60.3 cm³/mol. The van der Waals surface area contributed by atoms with Gasteiger partial charge in [-0.1, -0.05) is 0 Å². The minimum Gasteiger partial charge on any atom is -0.464 e. The molecule has 86 valence electrons. The van der Waals surface area contributed by atoms with Gasteiger partial charge in [0, 0.05) is 20.4 Å². The Balaban J connectivity index is 2.11. The molecule has 2 rings (SSSR count). The topological polar surface area (TPSA) is 56.5 Å². The lowest BCUT2D eigenvalue weighted by molar-refractivity contribution is -0.0914. The van der Waals surface area contributed by atoms with Crippen molar-refractivity contribution in [2.45, 2.75) is 6.29 Å². The van der Waals surface area contributed by atoms with Crippen molar-refractivity contribution in [1.82, 2.24) is 4.98 Å². The van der Waals surface area contributed by atoms with Gasteiger partial charge in [0.2, 0.25) is 0 Å². The lowest BCUT2D eigenvalue weighted by atomic mass is 10.3. The zero-order chi connectivity index (χ0) is 11.4. The molecule has 5 nitrogen and oxygen atoms in total. The zero-order valence-electron chi connectivity index (χ0n) is 9.27. The molecule has 0 radical (unpaired) electrons. The third kappa shape index (κ3) is 2.15. The molecule has 0 bridgehead atoms. The van der Waals surface area contributed by atoms with Crippen LogP contribution in [0.2, 0.25) is 0 Å². The average Bonchev–Trinajstić information content (AvgIpc) is 2.79. The first-order chi connectivity index (χ1) is 7.85. The summed E-state index contributed by atoms with van der Waals surface area (Å²) in [6.07, 6.45) is 3.05. The third-order valence-corrected chi connectivity index (χ3v) is 2.34. The van der Waals surface area contributed by atoms with Crippen LogP contribution in [0.3, 0.4) is 0 Å². The molecule has 0 aliphatic carbocycles. The van der Waals surface area contributed by atoms with E-state index < -0.39 is 0 Å². The van der Waals surface area contributed by atoms with Crippen molar-refractivity contribution in [1.29, 1.82) is 0 Å². The molecule has 0 saturated carbocycles. The lowest BCUT2D eigenvalue weighted by Crippen LogP contribution is -2.23. The van der Waals surface area contributed by atoms with Crippen molar-refractivity contribution in [2.75, 3.05) is 26.1 Å². The number of methoxy groups -OCH3 is 2. The van der Waals surface area contributed by atoms with E-state index in [0.717, 1.165) is 16.8 Å². The Morgan fingerprint density at radius 3 is 2.94 bits per heavy atom. The van der Waals surface area contributed by atoms with E-state index in [1.165, 1.54) is 0 Å². The van der Waals surface area contributed by atoms with E-state index in [1.807, 2.05) is 12.1 Å². The van der Waals surface area contributed by atoms with E-state index >= 15 is 0 Å². The molecule has 2 aromatic rings. The summed E-state index contributed by atoms with van der Waals surface area (Å²) >= 11 is 0. The van der Waals surface area contributed by atoms with Gasteiger partial charge in [-0.25, -0.2) is 4.98 Å². The second kappa shape index (κ2) is 4.96. The van der Waals surface area contributed by atoms with Gasteiger partial charge >= 0.3 is 0 Å². The molecule has 2 heterocycles. The molecule has 0 atom stereocenters. The lowest BCUT2D eigenvalue weighted by Gasteiger charge is -2.14. The van der Waals surface area contributed by atoms with Crippen molar-refractivity contribution in [2.24, 2.45) is 0 Å². The fraction of sp³-hybridized carbons (Fsp3) is 0.364. The number of nitrogens with zero attached hydrogens (tertiary/aromatic N) is 1. The molecule has 0 amide bonds. The summed E-state index contributed by atoms with van der Waals surface area (Å²) in [5.41, 5.74) is 0.809. The summed E-state index contributed by atoms with van der Waals surface area (Å²) in [6.45, 7) is 0.532. The van der Waals surface area contributed by atoms with Crippen molar-refractivity contribution in [3.63, 3.8) is 0 Å². The first-order valence-electron chi connectivity index (χ1n) is 4.97. The van der Waals surface area contributed by atoms with Crippen LogP contribution in [0.4, 0.5) is 5.82 Å². The van der Waals surface area contributed by atoms with Crippen LogP contribution in [0.15, 0.2) is 29.0 Å². The summed E-state index contributed by atoms with van der Waals surface area (Å²) in [5, 5.41) is 4.11. The Hall–Kier alpha value is -1.59. The van der Waals surface area contributed by atoms with E-state index in [4.69, 9.17) is 13.9 Å².